The maximum Gasteiger partial charge on any atom is 0.306 e. The fourth-order valence-electron chi connectivity index (χ4n) is 0.576. The molecule has 0 amide bonds. The van der Waals surface area contributed by atoms with E-state index in [0.29, 0.717) is 11.6 Å². The first-order valence-electron chi connectivity index (χ1n) is 2.57. The van der Waals surface area contributed by atoms with Crippen LogP contribution in [0.1, 0.15) is 0 Å². The van der Waals surface area contributed by atoms with E-state index in [1.165, 1.54) is 6.26 Å². The van der Waals surface area contributed by atoms with Gasteiger partial charge in [-0.25, -0.2) is 0 Å². The Morgan fingerprint density at radius 2 is 2.50 bits per heavy atom. The van der Waals surface area contributed by atoms with E-state index < -0.39 is 0 Å². The maximum atomic E-state index is 4.71. The van der Waals surface area contributed by atoms with Crippen molar-refractivity contribution in [2.45, 2.75) is 0 Å². The quantitative estimate of drug-likeness (QED) is 0.571. The molecule has 0 aliphatic heterocycles. The van der Waals surface area contributed by atoms with Gasteiger partial charge in [0.2, 0.25) is 0 Å². The van der Waals surface area contributed by atoms with Crippen LogP contribution in [0.25, 0.3) is 11.6 Å². The molecule has 0 aromatic carbocycles. The van der Waals surface area contributed by atoms with Gasteiger partial charge in [-0.3, -0.25) is 0 Å². The van der Waals surface area contributed by atoms with Gasteiger partial charge in [0.25, 0.3) is 5.89 Å². The lowest BCUT2D eigenvalue weighted by molar-refractivity contribution is 0.418. The molecule has 2 rings (SSSR count). The van der Waals surface area contributed by atoms with Crippen LogP contribution in [0.3, 0.4) is 0 Å². The minimum atomic E-state index is 0.314. The third-order valence-electron chi connectivity index (χ3n) is 0.981. The molecule has 0 saturated carbocycles. The van der Waals surface area contributed by atoms with E-state index in [-0.39, 0.29) is 0 Å². The fraction of sp³-hybridized carbons (Fsp3) is 0. The lowest BCUT2D eigenvalue weighted by Gasteiger charge is -1.77. The van der Waals surface area contributed by atoms with Gasteiger partial charge in [-0.2, -0.15) is 0 Å². The Hall–Kier alpha value is -1.65. The summed E-state index contributed by atoms with van der Waals surface area (Å²) < 4.78 is 9.25. The minimum Gasteiger partial charge on any atom is -0.411 e. The van der Waals surface area contributed by atoms with Crippen molar-refractivity contribution in [3.8, 4) is 11.6 Å². The van der Waals surface area contributed by atoms with Crippen LogP contribution in [-0.2, 0) is 0 Å². The van der Waals surface area contributed by atoms with Gasteiger partial charge in [-0.15, -0.1) is 10.2 Å². The second-order valence-corrected chi connectivity index (χ2v) is 1.58. The van der Waals surface area contributed by atoms with E-state index in [4.69, 9.17) is 4.42 Å². The van der Waals surface area contributed by atoms with Crippen molar-refractivity contribution in [1.29, 1.82) is 0 Å². The molecule has 49 valence electrons. The highest BCUT2D eigenvalue weighted by molar-refractivity contribution is 5.42. The van der Waals surface area contributed by atoms with Crippen LogP contribution in [0.4, 0.5) is 0 Å². The standard InChI is InChI=1S/C5H2N3O2/c1-2-10-8-4(1)5-7-6-3-9-5/h1-2H. The number of aromatic nitrogens is 3. The predicted octanol–water partition coefficient (Wildman–Crippen LogP) is 0.525. The van der Waals surface area contributed by atoms with Crippen LogP contribution in [0.15, 0.2) is 21.3 Å². The Balaban J connectivity index is 2.48. The Labute approximate surface area is 55.7 Å². The summed E-state index contributed by atoms with van der Waals surface area (Å²) in [5.74, 6) is 0.314. The summed E-state index contributed by atoms with van der Waals surface area (Å²) in [6.45, 7) is 0. The molecule has 1 radical (unpaired) electrons. The van der Waals surface area contributed by atoms with Crippen LogP contribution in [0, 0.1) is 6.39 Å². The van der Waals surface area contributed by atoms with Crippen molar-refractivity contribution in [2.75, 3.05) is 0 Å². The number of nitrogens with zero attached hydrogens (tertiary/aromatic N) is 3. The molecular weight excluding hydrogens is 134 g/mol. The third kappa shape index (κ3) is 0.680. The van der Waals surface area contributed by atoms with Gasteiger partial charge in [0.15, 0.2) is 5.69 Å². The normalized spacial score (nSPS) is 10.0. The van der Waals surface area contributed by atoms with Gasteiger partial charge < -0.3 is 8.94 Å². The van der Waals surface area contributed by atoms with Crippen LogP contribution in [-0.4, -0.2) is 15.4 Å². The van der Waals surface area contributed by atoms with Gasteiger partial charge in [-0.1, -0.05) is 5.16 Å². The third-order valence-corrected chi connectivity index (χ3v) is 0.981. The molecule has 0 unspecified atom stereocenters. The Kier molecular flexibility index (Phi) is 1.00. The van der Waals surface area contributed by atoms with Crippen molar-refractivity contribution in [2.24, 2.45) is 0 Å². The molecule has 0 aliphatic rings. The van der Waals surface area contributed by atoms with E-state index in [9.17, 15) is 0 Å². The molecule has 5 nitrogen and oxygen atoms in total. The lowest BCUT2D eigenvalue weighted by Crippen LogP contribution is -1.74. The van der Waals surface area contributed by atoms with Crippen molar-refractivity contribution in [3.05, 3.63) is 18.7 Å². The number of hydrogen-bond donors (Lipinski definition) is 0. The lowest BCUT2D eigenvalue weighted by atomic mass is 10.4. The first-order valence-corrected chi connectivity index (χ1v) is 2.57. The second kappa shape index (κ2) is 1.94. The van der Waals surface area contributed by atoms with Gasteiger partial charge in [0, 0.05) is 6.07 Å². The largest absolute Gasteiger partial charge is 0.411 e. The first kappa shape index (κ1) is 5.16. The average Bonchev–Trinajstić information content (AvgIpc) is 2.59. The smallest absolute Gasteiger partial charge is 0.306 e. The summed E-state index contributed by atoms with van der Waals surface area (Å²) in [5.41, 5.74) is 0.522. The molecule has 2 aromatic rings. The van der Waals surface area contributed by atoms with Gasteiger partial charge >= 0.3 is 6.39 Å². The molecule has 5 heteroatoms. The zero-order chi connectivity index (χ0) is 6.81. The summed E-state index contributed by atoms with van der Waals surface area (Å²) in [5, 5.41) is 10.5. The molecule has 0 N–H and O–H groups in total. The minimum absolute atomic E-state index is 0.314. The molecule has 0 aliphatic carbocycles. The summed E-state index contributed by atoms with van der Waals surface area (Å²) in [6.07, 6.45) is 3.63. The monoisotopic (exact) mass is 136 g/mol. The molecule has 10 heavy (non-hydrogen) atoms. The highest BCUT2D eigenvalue weighted by Crippen LogP contribution is 2.10. The Bertz CT molecular complexity index is 254. The highest BCUT2D eigenvalue weighted by Gasteiger charge is 2.05. The maximum absolute atomic E-state index is 4.71. The van der Waals surface area contributed by atoms with Crippen molar-refractivity contribution in [1.82, 2.24) is 15.4 Å². The molecule has 2 heterocycles. The summed E-state index contributed by atoms with van der Waals surface area (Å²) in [7, 11) is 0. The van der Waals surface area contributed by atoms with Gasteiger partial charge in [0.05, 0.1) is 0 Å². The zero-order valence-corrected chi connectivity index (χ0v) is 4.81. The molecule has 0 spiro atoms. The summed E-state index contributed by atoms with van der Waals surface area (Å²) >= 11 is 0. The van der Waals surface area contributed by atoms with Gasteiger partial charge in [-0.05, 0) is 0 Å². The first-order chi connectivity index (χ1) is 4.97. The van der Waals surface area contributed by atoms with E-state index in [0.717, 1.165) is 0 Å². The van der Waals surface area contributed by atoms with E-state index >= 15 is 0 Å². The fourth-order valence-corrected chi connectivity index (χ4v) is 0.576. The van der Waals surface area contributed by atoms with Crippen molar-refractivity contribution >= 4 is 0 Å². The topological polar surface area (TPSA) is 65.0 Å². The van der Waals surface area contributed by atoms with Crippen LogP contribution in [0.5, 0.6) is 0 Å². The molecular formula is C5H2N3O2. The van der Waals surface area contributed by atoms with E-state index in [1.807, 2.05) is 0 Å². The average molecular weight is 136 g/mol. The van der Waals surface area contributed by atoms with Crippen molar-refractivity contribution < 1.29 is 8.94 Å². The van der Waals surface area contributed by atoms with E-state index in [1.54, 1.807) is 6.07 Å². The molecule has 0 atom stereocenters. The molecule has 0 fully saturated rings. The van der Waals surface area contributed by atoms with Crippen LogP contribution >= 0.6 is 0 Å². The number of rotatable bonds is 1. The second-order valence-electron chi connectivity index (χ2n) is 1.58. The molecule has 0 bridgehead atoms. The SMILES string of the molecule is [c]1nnc(-c2ccon2)o1. The number of hydrogen-bond acceptors (Lipinski definition) is 5. The van der Waals surface area contributed by atoms with Crippen molar-refractivity contribution in [3.63, 3.8) is 0 Å². The highest BCUT2D eigenvalue weighted by atomic mass is 16.5. The Morgan fingerprint density at radius 1 is 1.50 bits per heavy atom. The van der Waals surface area contributed by atoms with E-state index in [2.05, 4.69) is 26.3 Å². The molecule has 0 saturated heterocycles. The summed E-state index contributed by atoms with van der Waals surface area (Å²) in [6, 6.07) is 1.63. The van der Waals surface area contributed by atoms with Crippen LogP contribution < -0.4 is 0 Å². The van der Waals surface area contributed by atoms with Crippen LogP contribution in [0.2, 0.25) is 0 Å². The summed E-state index contributed by atoms with van der Waals surface area (Å²) in [4.78, 5) is 0. The zero-order valence-electron chi connectivity index (χ0n) is 4.81. The molecule has 2 aromatic heterocycles. The van der Waals surface area contributed by atoms with Gasteiger partial charge in [0.1, 0.15) is 6.26 Å². The Morgan fingerprint density at radius 3 is 3.10 bits per heavy atom. The predicted molar refractivity (Wildman–Crippen MR) is 28.6 cm³/mol.